The molecule has 0 aromatic carbocycles. The first-order valence-corrected chi connectivity index (χ1v) is 11.8. The monoisotopic (exact) mass is 382 g/mol. The predicted molar refractivity (Wildman–Crippen MR) is 116 cm³/mol. The van der Waals surface area contributed by atoms with Crippen molar-refractivity contribution in [3.05, 3.63) is 12.2 Å². The summed E-state index contributed by atoms with van der Waals surface area (Å²) in [4.78, 5) is 14.4. The summed E-state index contributed by atoms with van der Waals surface area (Å²) in [6.07, 6.45) is 29.9. The van der Waals surface area contributed by atoms with Crippen LogP contribution in [0.25, 0.3) is 0 Å². The summed E-state index contributed by atoms with van der Waals surface area (Å²) in [5.41, 5.74) is 0. The molecule has 0 saturated carbocycles. The zero-order valence-electron chi connectivity index (χ0n) is 18.1. The highest BCUT2D eigenvalue weighted by atomic mass is 17.1. The highest BCUT2D eigenvalue weighted by molar-refractivity contribution is 5.68. The number of carbonyl (C=O) groups excluding carboxylic acids is 1. The summed E-state index contributed by atoms with van der Waals surface area (Å²) in [6.45, 7) is 2.27. The van der Waals surface area contributed by atoms with Crippen LogP contribution in [-0.4, -0.2) is 11.2 Å². The number of allylic oxidation sites excluding steroid dienone is 2. The Hall–Kier alpha value is -0.830. The molecule has 1 N–H and O–H groups in total. The molecular weight excluding hydrogens is 336 g/mol. The number of hydrogen-bond donors (Lipinski definition) is 1. The van der Waals surface area contributed by atoms with Crippen molar-refractivity contribution in [1.82, 2.24) is 0 Å². The van der Waals surface area contributed by atoms with Crippen LogP contribution in [0.3, 0.4) is 0 Å². The van der Waals surface area contributed by atoms with Gasteiger partial charge in [-0.3, -0.25) is 0 Å². The Morgan fingerprint density at radius 1 is 0.630 bits per heavy atom. The molecule has 160 valence electrons. The van der Waals surface area contributed by atoms with E-state index in [0.29, 0.717) is 6.42 Å². The van der Waals surface area contributed by atoms with Gasteiger partial charge in [0.05, 0.1) is 0 Å². The summed E-state index contributed by atoms with van der Waals surface area (Å²) in [7, 11) is 0. The van der Waals surface area contributed by atoms with E-state index in [9.17, 15) is 4.79 Å². The highest BCUT2D eigenvalue weighted by Gasteiger charge is 2.00. The van der Waals surface area contributed by atoms with Crippen molar-refractivity contribution in [2.24, 2.45) is 0 Å². The minimum Gasteiger partial charge on any atom is -0.301 e. The van der Waals surface area contributed by atoms with Crippen LogP contribution in [0.4, 0.5) is 0 Å². The second-order valence-corrected chi connectivity index (χ2v) is 7.92. The van der Waals surface area contributed by atoms with Crippen LogP contribution in [0.2, 0.25) is 0 Å². The maximum atomic E-state index is 10.7. The zero-order valence-corrected chi connectivity index (χ0v) is 18.1. The predicted octanol–water partition coefficient (Wildman–Crippen LogP) is 8.38. The Morgan fingerprint density at radius 2 is 1.00 bits per heavy atom. The Morgan fingerprint density at radius 3 is 1.41 bits per heavy atom. The number of carbonyl (C=O) groups is 1. The molecule has 0 rings (SSSR count). The van der Waals surface area contributed by atoms with Crippen LogP contribution >= 0.6 is 0 Å². The van der Waals surface area contributed by atoms with Crippen molar-refractivity contribution in [3.8, 4) is 0 Å². The topological polar surface area (TPSA) is 46.5 Å². The van der Waals surface area contributed by atoms with Crippen molar-refractivity contribution in [2.75, 3.05) is 0 Å². The standard InChI is InChI=1S/C24H46O3/c1-2-3-4-5-6-7-8-9-10-11-12-13-14-15-16-17-18-19-20-21-22-23-24(25)27-26/h9-10,26H,2-8,11-23H2,1H3/b10-9-. The molecule has 0 amide bonds. The third-order valence-corrected chi connectivity index (χ3v) is 5.24. The molecule has 0 fully saturated rings. The molecule has 0 spiro atoms. The Balaban J connectivity index is 3.08. The molecule has 3 nitrogen and oxygen atoms in total. The van der Waals surface area contributed by atoms with Crippen LogP contribution in [0, 0.1) is 0 Å². The fraction of sp³-hybridized carbons (Fsp3) is 0.875. The Kier molecular flexibility index (Phi) is 22.5. The van der Waals surface area contributed by atoms with Gasteiger partial charge in [0, 0.05) is 6.42 Å². The summed E-state index contributed by atoms with van der Waals surface area (Å²) in [5, 5.41) is 8.15. The summed E-state index contributed by atoms with van der Waals surface area (Å²) >= 11 is 0. The minimum absolute atomic E-state index is 0.338. The highest BCUT2D eigenvalue weighted by Crippen LogP contribution is 2.13. The van der Waals surface area contributed by atoms with E-state index < -0.39 is 5.97 Å². The summed E-state index contributed by atoms with van der Waals surface area (Å²) < 4.78 is 0. The molecule has 0 heterocycles. The minimum atomic E-state index is -0.511. The van der Waals surface area contributed by atoms with Crippen LogP contribution in [0.15, 0.2) is 12.2 Å². The third kappa shape index (κ3) is 23.1. The molecule has 0 unspecified atom stereocenters. The van der Waals surface area contributed by atoms with Crippen molar-refractivity contribution < 1.29 is 14.9 Å². The van der Waals surface area contributed by atoms with E-state index in [1.54, 1.807) is 0 Å². The van der Waals surface area contributed by atoms with Crippen molar-refractivity contribution in [2.45, 2.75) is 135 Å². The third-order valence-electron chi connectivity index (χ3n) is 5.24. The maximum Gasteiger partial charge on any atom is 0.342 e. The summed E-state index contributed by atoms with van der Waals surface area (Å²) in [6, 6.07) is 0. The lowest BCUT2D eigenvalue weighted by Gasteiger charge is -2.02. The maximum absolute atomic E-state index is 10.7. The molecule has 0 aliphatic heterocycles. The Bertz CT molecular complexity index is 326. The van der Waals surface area contributed by atoms with E-state index in [-0.39, 0.29) is 0 Å². The quantitative estimate of drug-likeness (QED) is 0.0938. The van der Waals surface area contributed by atoms with Gasteiger partial charge in [-0.25, -0.2) is 4.79 Å². The Labute approximate surface area is 168 Å². The first-order valence-electron chi connectivity index (χ1n) is 11.8. The average Bonchev–Trinajstić information content (AvgIpc) is 2.68. The molecular formula is C24H46O3. The van der Waals surface area contributed by atoms with E-state index in [4.69, 9.17) is 5.26 Å². The van der Waals surface area contributed by atoms with Gasteiger partial charge in [0.2, 0.25) is 0 Å². The lowest BCUT2D eigenvalue weighted by molar-refractivity contribution is -0.234. The van der Waals surface area contributed by atoms with E-state index in [0.717, 1.165) is 12.8 Å². The van der Waals surface area contributed by atoms with E-state index in [2.05, 4.69) is 24.0 Å². The van der Waals surface area contributed by atoms with E-state index in [1.165, 1.54) is 109 Å². The zero-order chi connectivity index (χ0) is 19.8. The molecule has 0 aliphatic carbocycles. The lowest BCUT2D eigenvalue weighted by Crippen LogP contribution is -1.99. The molecule has 27 heavy (non-hydrogen) atoms. The van der Waals surface area contributed by atoms with Gasteiger partial charge in [-0.05, 0) is 32.1 Å². The van der Waals surface area contributed by atoms with Gasteiger partial charge in [-0.1, -0.05) is 109 Å². The smallest absolute Gasteiger partial charge is 0.301 e. The summed E-state index contributed by atoms with van der Waals surface area (Å²) in [5.74, 6) is -0.511. The first-order chi connectivity index (χ1) is 13.3. The van der Waals surface area contributed by atoms with E-state index >= 15 is 0 Å². The van der Waals surface area contributed by atoms with Gasteiger partial charge in [0.15, 0.2) is 0 Å². The molecule has 0 atom stereocenters. The van der Waals surface area contributed by atoms with Crippen LogP contribution < -0.4 is 0 Å². The molecule has 0 aliphatic rings. The van der Waals surface area contributed by atoms with Crippen LogP contribution in [-0.2, 0) is 9.68 Å². The fourth-order valence-corrected chi connectivity index (χ4v) is 3.45. The van der Waals surface area contributed by atoms with Gasteiger partial charge < -0.3 is 4.89 Å². The molecule has 0 saturated heterocycles. The average molecular weight is 383 g/mol. The SMILES string of the molecule is CCCCCCCC/C=C\CCCCCCCCCCCCCC(=O)OO. The molecule has 0 radical (unpaired) electrons. The lowest BCUT2D eigenvalue weighted by atomic mass is 10.0. The van der Waals surface area contributed by atoms with Gasteiger partial charge in [0.1, 0.15) is 0 Å². The second kappa shape index (κ2) is 23.2. The van der Waals surface area contributed by atoms with Gasteiger partial charge in [-0.2, -0.15) is 5.26 Å². The van der Waals surface area contributed by atoms with E-state index in [1.807, 2.05) is 0 Å². The van der Waals surface area contributed by atoms with Gasteiger partial charge in [0.25, 0.3) is 0 Å². The van der Waals surface area contributed by atoms with Gasteiger partial charge >= 0.3 is 5.97 Å². The second-order valence-electron chi connectivity index (χ2n) is 7.92. The fourth-order valence-electron chi connectivity index (χ4n) is 3.45. The normalized spacial score (nSPS) is 11.3. The first kappa shape index (κ1) is 26.2. The number of hydrogen-bond acceptors (Lipinski definition) is 3. The largest absolute Gasteiger partial charge is 0.342 e. The van der Waals surface area contributed by atoms with Crippen LogP contribution in [0.5, 0.6) is 0 Å². The molecule has 0 bridgehead atoms. The molecule has 0 aromatic heterocycles. The van der Waals surface area contributed by atoms with Crippen LogP contribution in [0.1, 0.15) is 135 Å². The number of unbranched alkanes of at least 4 members (excludes halogenated alkanes) is 17. The van der Waals surface area contributed by atoms with Gasteiger partial charge in [-0.15, -0.1) is 0 Å². The van der Waals surface area contributed by atoms with Crippen molar-refractivity contribution in [3.63, 3.8) is 0 Å². The van der Waals surface area contributed by atoms with Crippen molar-refractivity contribution >= 4 is 5.97 Å². The molecule has 0 aromatic rings. The van der Waals surface area contributed by atoms with Crippen molar-refractivity contribution in [1.29, 1.82) is 0 Å². The molecule has 3 heteroatoms. The number of rotatable bonds is 21.